The van der Waals surface area contributed by atoms with Gasteiger partial charge < -0.3 is 10.2 Å². The SMILES string of the molecule is Cc1cc(F)ccc1-c1cccn2nc(NC3CCN(c4ccnc(C(F)(F)F)c4)CC3)nc12. The average molecular weight is 470 g/mol. The van der Waals surface area contributed by atoms with Gasteiger partial charge in [0.25, 0.3) is 0 Å². The molecule has 1 fully saturated rings. The number of pyridine rings is 2. The van der Waals surface area contributed by atoms with Crippen LogP contribution in [-0.4, -0.2) is 38.7 Å². The zero-order chi connectivity index (χ0) is 23.9. The molecule has 4 heterocycles. The van der Waals surface area contributed by atoms with Crippen molar-refractivity contribution >= 4 is 17.3 Å². The molecule has 0 aliphatic carbocycles. The quantitative estimate of drug-likeness (QED) is 0.408. The Hall–Kier alpha value is -3.69. The number of anilines is 2. The lowest BCUT2D eigenvalue weighted by Crippen LogP contribution is -2.39. The Labute approximate surface area is 193 Å². The van der Waals surface area contributed by atoms with Crippen molar-refractivity contribution in [3.8, 4) is 11.1 Å². The van der Waals surface area contributed by atoms with Crippen LogP contribution in [0.4, 0.5) is 29.2 Å². The van der Waals surface area contributed by atoms with E-state index >= 15 is 0 Å². The molecular formula is C24H22F4N6. The fourth-order valence-corrected chi connectivity index (χ4v) is 4.34. The van der Waals surface area contributed by atoms with Gasteiger partial charge in [-0.2, -0.15) is 18.2 Å². The number of aromatic nitrogens is 4. The van der Waals surface area contributed by atoms with E-state index in [4.69, 9.17) is 0 Å². The zero-order valence-corrected chi connectivity index (χ0v) is 18.3. The topological polar surface area (TPSA) is 58.4 Å². The average Bonchev–Trinajstić information content (AvgIpc) is 3.22. The largest absolute Gasteiger partial charge is 0.433 e. The summed E-state index contributed by atoms with van der Waals surface area (Å²) in [7, 11) is 0. The molecular weight excluding hydrogens is 448 g/mol. The molecule has 6 nitrogen and oxygen atoms in total. The summed E-state index contributed by atoms with van der Waals surface area (Å²) >= 11 is 0. The second-order valence-electron chi connectivity index (χ2n) is 8.39. The highest BCUT2D eigenvalue weighted by atomic mass is 19.4. The lowest BCUT2D eigenvalue weighted by molar-refractivity contribution is -0.141. The van der Waals surface area contributed by atoms with Gasteiger partial charge in [0.05, 0.1) is 0 Å². The first kappa shape index (κ1) is 22.1. The molecule has 0 amide bonds. The number of aryl methyl sites for hydroxylation is 1. The molecule has 176 valence electrons. The highest BCUT2D eigenvalue weighted by Gasteiger charge is 2.33. The highest BCUT2D eigenvalue weighted by molar-refractivity contribution is 5.79. The molecule has 0 bridgehead atoms. The summed E-state index contributed by atoms with van der Waals surface area (Å²) < 4.78 is 54.2. The van der Waals surface area contributed by atoms with E-state index in [2.05, 4.69) is 20.4 Å². The Balaban J connectivity index is 1.30. The molecule has 1 N–H and O–H groups in total. The third-order valence-electron chi connectivity index (χ3n) is 6.07. The van der Waals surface area contributed by atoms with Gasteiger partial charge in [0.2, 0.25) is 5.95 Å². The van der Waals surface area contributed by atoms with Crippen LogP contribution < -0.4 is 10.2 Å². The molecule has 3 aromatic heterocycles. The standard InChI is InChI=1S/C24H22F4N6/c1-15-13-16(25)4-5-19(15)20-3-2-10-34-22(20)31-23(32-34)30-17-7-11-33(12-8-17)18-6-9-29-21(14-18)24(26,27)28/h2-6,9-10,13-14,17H,7-8,11-12H2,1H3,(H,30,32). The number of nitrogens with zero attached hydrogens (tertiary/aromatic N) is 5. The first-order valence-corrected chi connectivity index (χ1v) is 10.9. The minimum Gasteiger partial charge on any atom is -0.371 e. The first-order valence-electron chi connectivity index (χ1n) is 10.9. The third-order valence-corrected chi connectivity index (χ3v) is 6.07. The number of rotatable bonds is 4. The Kier molecular flexibility index (Phi) is 5.59. The van der Waals surface area contributed by atoms with Gasteiger partial charge in [-0.05, 0) is 67.3 Å². The van der Waals surface area contributed by atoms with E-state index in [0.29, 0.717) is 30.4 Å². The Bertz CT molecular complexity index is 1320. The van der Waals surface area contributed by atoms with Gasteiger partial charge in [0.1, 0.15) is 11.5 Å². The molecule has 5 rings (SSSR count). The summed E-state index contributed by atoms with van der Waals surface area (Å²) in [4.78, 5) is 10.0. The minimum atomic E-state index is -4.46. The number of halogens is 4. The summed E-state index contributed by atoms with van der Waals surface area (Å²) in [6.07, 6.45) is -0.00799. The van der Waals surface area contributed by atoms with Gasteiger partial charge in [-0.1, -0.05) is 6.07 Å². The van der Waals surface area contributed by atoms with Crippen LogP contribution in [0.1, 0.15) is 24.1 Å². The number of nitrogens with one attached hydrogen (secondary N) is 1. The summed E-state index contributed by atoms with van der Waals surface area (Å²) in [6.45, 7) is 3.06. The van der Waals surface area contributed by atoms with Crippen LogP contribution in [0.15, 0.2) is 54.9 Å². The summed E-state index contributed by atoms with van der Waals surface area (Å²) in [5.41, 5.74) is 2.84. The van der Waals surface area contributed by atoms with E-state index in [1.807, 2.05) is 24.0 Å². The van der Waals surface area contributed by atoms with E-state index in [0.717, 1.165) is 35.6 Å². The maximum absolute atomic E-state index is 13.5. The Morgan fingerprint density at radius 3 is 2.56 bits per heavy atom. The number of fused-ring (bicyclic) bond motifs is 1. The Morgan fingerprint density at radius 1 is 1.03 bits per heavy atom. The van der Waals surface area contributed by atoms with Crippen LogP contribution in [0, 0.1) is 12.7 Å². The van der Waals surface area contributed by atoms with Gasteiger partial charge >= 0.3 is 6.18 Å². The fraction of sp³-hybridized carbons (Fsp3) is 0.292. The summed E-state index contributed by atoms with van der Waals surface area (Å²) in [5.74, 6) is 0.193. The van der Waals surface area contributed by atoms with E-state index in [-0.39, 0.29) is 11.9 Å². The normalized spacial score (nSPS) is 15.1. The number of piperidine rings is 1. The summed E-state index contributed by atoms with van der Waals surface area (Å²) in [6, 6.07) is 11.2. The lowest BCUT2D eigenvalue weighted by atomic mass is 10.0. The van der Waals surface area contributed by atoms with Crippen molar-refractivity contribution < 1.29 is 17.6 Å². The van der Waals surface area contributed by atoms with E-state index in [9.17, 15) is 17.6 Å². The van der Waals surface area contributed by atoms with E-state index < -0.39 is 11.9 Å². The van der Waals surface area contributed by atoms with Crippen molar-refractivity contribution in [2.45, 2.75) is 32.0 Å². The smallest absolute Gasteiger partial charge is 0.371 e. The van der Waals surface area contributed by atoms with Crippen LogP contribution in [0.3, 0.4) is 0 Å². The monoisotopic (exact) mass is 470 g/mol. The maximum atomic E-state index is 13.5. The molecule has 34 heavy (non-hydrogen) atoms. The van der Waals surface area contributed by atoms with Crippen molar-refractivity contribution in [1.29, 1.82) is 0 Å². The van der Waals surface area contributed by atoms with Crippen molar-refractivity contribution in [3.05, 3.63) is 71.9 Å². The van der Waals surface area contributed by atoms with Gasteiger partial charge in [0, 0.05) is 42.8 Å². The predicted octanol–water partition coefficient (Wildman–Crippen LogP) is 5.34. The molecule has 0 atom stereocenters. The minimum absolute atomic E-state index is 0.0913. The van der Waals surface area contributed by atoms with Crippen LogP contribution in [0.5, 0.6) is 0 Å². The lowest BCUT2D eigenvalue weighted by Gasteiger charge is -2.33. The van der Waals surface area contributed by atoms with Crippen molar-refractivity contribution in [3.63, 3.8) is 0 Å². The number of benzene rings is 1. The van der Waals surface area contributed by atoms with E-state index in [1.54, 1.807) is 22.8 Å². The molecule has 0 saturated carbocycles. The molecule has 4 aromatic rings. The van der Waals surface area contributed by atoms with Crippen molar-refractivity contribution in [2.24, 2.45) is 0 Å². The van der Waals surface area contributed by atoms with Gasteiger partial charge in [-0.3, -0.25) is 4.98 Å². The van der Waals surface area contributed by atoms with Crippen molar-refractivity contribution in [1.82, 2.24) is 19.6 Å². The second kappa shape index (κ2) is 8.58. The zero-order valence-electron chi connectivity index (χ0n) is 18.3. The third kappa shape index (κ3) is 4.40. The predicted molar refractivity (Wildman–Crippen MR) is 121 cm³/mol. The molecule has 1 aliphatic heterocycles. The van der Waals surface area contributed by atoms with Gasteiger partial charge in [-0.25, -0.2) is 8.91 Å². The van der Waals surface area contributed by atoms with Gasteiger partial charge in [-0.15, -0.1) is 5.10 Å². The van der Waals surface area contributed by atoms with Crippen LogP contribution in [0.25, 0.3) is 16.8 Å². The molecule has 0 unspecified atom stereocenters. The van der Waals surface area contributed by atoms with E-state index in [1.165, 1.54) is 18.3 Å². The highest BCUT2D eigenvalue weighted by Crippen LogP contribution is 2.31. The molecule has 1 aliphatic rings. The number of alkyl halides is 3. The molecule has 1 aromatic carbocycles. The molecule has 1 saturated heterocycles. The second-order valence-corrected chi connectivity index (χ2v) is 8.39. The Morgan fingerprint density at radius 2 is 1.82 bits per heavy atom. The summed E-state index contributed by atoms with van der Waals surface area (Å²) in [5, 5.41) is 7.89. The molecule has 0 radical (unpaired) electrons. The van der Waals surface area contributed by atoms with Gasteiger partial charge in [0.15, 0.2) is 5.65 Å². The van der Waals surface area contributed by atoms with Crippen LogP contribution >= 0.6 is 0 Å². The fourth-order valence-electron chi connectivity index (χ4n) is 4.34. The van der Waals surface area contributed by atoms with Crippen molar-refractivity contribution in [2.75, 3.05) is 23.3 Å². The van der Waals surface area contributed by atoms with Crippen LogP contribution in [0.2, 0.25) is 0 Å². The maximum Gasteiger partial charge on any atom is 0.433 e. The molecule has 10 heteroatoms. The number of hydrogen-bond donors (Lipinski definition) is 1. The first-order chi connectivity index (χ1) is 16.3. The molecule has 0 spiro atoms. The van der Waals surface area contributed by atoms with Crippen LogP contribution in [-0.2, 0) is 6.18 Å². The number of hydrogen-bond acceptors (Lipinski definition) is 5.